The summed E-state index contributed by atoms with van der Waals surface area (Å²) in [6, 6.07) is 12.2. The van der Waals surface area contributed by atoms with Crippen molar-refractivity contribution in [3.8, 4) is 0 Å². The van der Waals surface area contributed by atoms with Crippen LogP contribution in [0.3, 0.4) is 0 Å². The van der Waals surface area contributed by atoms with E-state index in [9.17, 15) is 18.4 Å². The Balaban J connectivity index is 1.95. The summed E-state index contributed by atoms with van der Waals surface area (Å²) in [6.07, 6.45) is 0. The molecule has 1 amide bonds. The molecule has 150 valence electrons. The summed E-state index contributed by atoms with van der Waals surface area (Å²) in [6.45, 7) is 3.53. The second-order valence-electron chi connectivity index (χ2n) is 6.34. The lowest BCUT2D eigenvalue weighted by Crippen LogP contribution is -2.17. The number of anilines is 1. The first kappa shape index (κ1) is 20.2. The third-order valence-electron chi connectivity index (χ3n) is 4.15. The minimum atomic E-state index is -0.994. The van der Waals surface area contributed by atoms with E-state index in [1.807, 2.05) is 6.92 Å². The number of nitrogens with zero attached hydrogens (tertiary/aromatic N) is 2. The predicted molar refractivity (Wildman–Crippen MR) is 103 cm³/mol. The summed E-state index contributed by atoms with van der Waals surface area (Å²) in [7, 11) is 0. The molecule has 2 aromatic carbocycles. The van der Waals surface area contributed by atoms with Crippen molar-refractivity contribution in [2.24, 2.45) is 0 Å². The number of carbonyl (C=O) groups excluding carboxylic acids is 2. The van der Waals surface area contributed by atoms with Crippen molar-refractivity contribution < 1.29 is 23.1 Å². The number of amides is 1. The van der Waals surface area contributed by atoms with E-state index in [0.29, 0.717) is 11.1 Å². The maximum absolute atomic E-state index is 14.9. The van der Waals surface area contributed by atoms with Crippen LogP contribution in [-0.4, -0.2) is 28.3 Å². The lowest BCUT2D eigenvalue weighted by atomic mass is 10.1. The van der Waals surface area contributed by atoms with Crippen LogP contribution in [0.4, 0.5) is 14.6 Å². The molecule has 0 aliphatic rings. The highest BCUT2D eigenvalue weighted by Crippen LogP contribution is 2.22. The van der Waals surface area contributed by atoms with Gasteiger partial charge in [-0.15, -0.1) is 0 Å². The average Bonchev–Trinajstić information content (AvgIpc) is 3.00. The van der Waals surface area contributed by atoms with E-state index in [4.69, 9.17) is 4.74 Å². The molecule has 0 unspecified atom stereocenters. The van der Waals surface area contributed by atoms with Crippen molar-refractivity contribution in [1.82, 2.24) is 9.78 Å². The van der Waals surface area contributed by atoms with Crippen molar-refractivity contribution in [2.45, 2.75) is 20.4 Å². The summed E-state index contributed by atoms with van der Waals surface area (Å²) in [5.41, 5.74) is 1.37. The van der Waals surface area contributed by atoms with Gasteiger partial charge in [0.25, 0.3) is 5.91 Å². The van der Waals surface area contributed by atoms with Crippen molar-refractivity contribution in [3.05, 3.63) is 82.5 Å². The standard InChI is InChI=1S/C21H19F2N3O3/c1-3-29-21(28)18-17(23)19(24-20(27)15-8-4-13(2)5-9-15)26(25-18)12-14-6-10-16(22)11-7-14/h4-11H,3,12H2,1-2H3,(H,24,27). The summed E-state index contributed by atoms with van der Waals surface area (Å²) in [5, 5.41) is 6.43. The number of benzene rings is 2. The van der Waals surface area contributed by atoms with E-state index in [1.54, 1.807) is 31.2 Å². The number of halogens is 2. The van der Waals surface area contributed by atoms with E-state index in [0.717, 1.165) is 10.2 Å². The Hall–Kier alpha value is -3.55. The molecule has 0 spiro atoms. The molecule has 0 saturated heterocycles. The largest absolute Gasteiger partial charge is 0.461 e. The summed E-state index contributed by atoms with van der Waals surface area (Å²) >= 11 is 0. The number of aromatic nitrogens is 2. The zero-order valence-electron chi connectivity index (χ0n) is 15.9. The minimum absolute atomic E-state index is 0.0140. The van der Waals surface area contributed by atoms with Gasteiger partial charge in [0.1, 0.15) is 5.82 Å². The first-order chi connectivity index (χ1) is 13.9. The fourth-order valence-corrected chi connectivity index (χ4v) is 2.65. The normalized spacial score (nSPS) is 10.6. The topological polar surface area (TPSA) is 73.2 Å². The molecule has 29 heavy (non-hydrogen) atoms. The van der Waals surface area contributed by atoms with E-state index in [2.05, 4.69) is 10.4 Å². The molecule has 0 radical (unpaired) electrons. The number of esters is 1. The highest BCUT2D eigenvalue weighted by Gasteiger charge is 2.26. The molecule has 0 saturated carbocycles. The summed E-state index contributed by atoms with van der Waals surface area (Å²) in [4.78, 5) is 24.6. The van der Waals surface area contributed by atoms with Crippen LogP contribution in [0.25, 0.3) is 0 Å². The van der Waals surface area contributed by atoms with Gasteiger partial charge >= 0.3 is 5.97 Å². The monoisotopic (exact) mass is 399 g/mol. The number of hydrogen-bond acceptors (Lipinski definition) is 4. The van der Waals surface area contributed by atoms with Gasteiger partial charge in [-0.3, -0.25) is 4.79 Å². The van der Waals surface area contributed by atoms with Gasteiger partial charge in [-0.25, -0.2) is 18.3 Å². The minimum Gasteiger partial charge on any atom is -0.461 e. The van der Waals surface area contributed by atoms with Crippen molar-refractivity contribution in [1.29, 1.82) is 0 Å². The molecular weight excluding hydrogens is 380 g/mol. The van der Waals surface area contributed by atoms with Crippen LogP contribution in [0, 0.1) is 18.6 Å². The van der Waals surface area contributed by atoms with E-state index >= 15 is 0 Å². The lowest BCUT2D eigenvalue weighted by molar-refractivity contribution is 0.0513. The Morgan fingerprint density at radius 3 is 2.34 bits per heavy atom. The van der Waals surface area contributed by atoms with Gasteiger partial charge in [0.15, 0.2) is 11.6 Å². The molecule has 0 atom stereocenters. The van der Waals surface area contributed by atoms with Crippen molar-refractivity contribution in [3.63, 3.8) is 0 Å². The van der Waals surface area contributed by atoms with Gasteiger partial charge in [-0.1, -0.05) is 29.8 Å². The summed E-state index contributed by atoms with van der Waals surface area (Å²) in [5.74, 6) is -3.18. The maximum Gasteiger partial charge on any atom is 0.362 e. The quantitative estimate of drug-likeness (QED) is 0.637. The Labute approximate surface area is 166 Å². The molecule has 6 nitrogen and oxygen atoms in total. The van der Waals surface area contributed by atoms with Crippen LogP contribution in [0.15, 0.2) is 48.5 Å². The molecule has 3 rings (SSSR count). The molecule has 1 heterocycles. The maximum atomic E-state index is 14.9. The first-order valence-corrected chi connectivity index (χ1v) is 8.95. The van der Waals surface area contributed by atoms with Gasteiger partial charge in [0.2, 0.25) is 5.69 Å². The molecule has 3 aromatic rings. The number of hydrogen-bond donors (Lipinski definition) is 1. The van der Waals surface area contributed by atoms with Crippen LogP contribution in [0.5, 0.6) is 0 Å². The molecule has 0 aliphatic carbocycles. The zero-order chi connectivity index (χ0) is 21.0. The number of ether oxygens (including phenoxy) is 1. The average molecular weight is 399 g/mol. The van der Waals surface area contributed by atoms with Crippen LogP contribution < -0.4 is 5.32 Å². The van der Waals surface area contributed by atoms with Crippen LogP contribution in [-0.2, 0) is 11.3 Å². The van der Waals surface area contributed by atoms with Crippen LogP contribution in [0.2, 0.25) is 0 Å². The fourth-order valence-electron chi connectivity index (χ4n) is 2.65. The third kappa shape index (κ3) is 4.66. The lowest BCUT2D eigenvalue weighted by Gasteiger charge is -2.09. The van der Waals surface area contributed by atoms with Gasteiger partial charge in [0, 0.05) is 5.56 Å². The Morgan fingerprint density at radius 1 is 1.07 bits per heavy atom. The molecule has 1 aromatic heterocycles. The van der Waals surface area contributed by atoms with E-state index < -0.39 is 29.2 Å². The molecule has 0 bridgehead atoms. The van der Waals surface area contributed by atoms with Gasteiger partial charge in [-0.05, 0) is 43.7 Å². The molecule has 0 aliphatic heterocycles. The van der Waals surface area contributed by atoms with Gasteiger partial charge < -0.3 is 10.1 Å². The number of nitrogens with one attached hydrogen (secondary N) is 1. The highest BCUT2D eigenvalue weighted by molar-refractivity contribution is 6.04. The van der Waals surface area contributed by atoms with E-state index in [-0.39, 0.29) is 19.0 Å². The number of carbonyl (C=O) groups is 2. The molecule has 1 N–H and O–H groups in total. The molecule has 8 heteroatoms. The van der Waals surface area contributed by atoms with Crippen molar-refractivity contribution in [2.75, 3.05) is 11.9 Å². The highest BCUT2D eigenvalue weighted by atomic mass is 19.1. The van der Waals surface area contributed by atoms with Gasteiger partial charge in [-0.2, -0.15) is 5.10 Å². The van der Waals surface area contributed by atoms with E-state index in [1.165, 1.54) is 24.3 Å². The van der Waals surface area contributed by atoms with Gasteiger partial charge in [0.05, 0.1) is 13.2 Å². The number of aryl methyl sites for hydroxylation is 1. The number of rotatable bonds is 6. The Morgan fingerprint density at radius 2 is 1.72 bits per heavy atom. The fraction of sp³-hybridized carbons (Fsp3) is 0.190. The second kappa shape index (κ2) is 8.64. The predicted octanol–water partition coefficient (Wildman–Crippen LogP) is 3.95. The first-order valence-electron chi connectivity index (χ1n) is 8.95. The van der Waals surface area contributed by atoms with Crippen LogP contribution >= 0.6 is 0 Å². The third-order valence-corrected chi connectivity index (χ3v) is 4.15. The second-order valence-corrected chi connectivity index (χ2v) is 6.34. The summed E-state index contributed by atoms with van der Waals surface area (Å²) < 4.78 is 34.0. The SMILES string of the molecule is CCOC(=O)c1nn(Cc2ccc(F)cc2)c(NC(=O)c2ccc(C)cc2)c1F. The molecule has 0 fully saturated rings. The Bertz CT molecular complexity index is 1030. The van der Waals surface area contributed by atoms with Crippen LogP contribution in [0.1, 0.15) is 38.9 Å². The van der Waals surface area contributed by atoms with Crippen molar-refractivity contribution >= 4 is 17.7 Å². The smallest absolute Gasteiger partial charge is 0.362 e. The Kier molecular flexibility index (Phi) is 6.01. The zero-order valence-corrected chi connectivity index (χ0v) is 15.9. The molecular formula is C21H19F2N3O3.